The normalized spacial score (nSPS) is 16.1. The summed E-state index contributed by atoms with van der Waals surface area (Å²) in [6.07, 6.45) is 4.50. The smallest absolute Gasteiger partial charge is 0.170 e. The molecule has 5 heteroatoms. The highest BCUT2D eigenvalue weighted by Crippen LogP contribution is 2.40. The number of nitrogens with zero attached hydrogens (tertiary/aromatic N) is 3. The van der Waals surface area contributed by atoms with Gasteiger partial charge in [0, 0.05) is 6.04 Å². The first-order chi connectivity index (χ1) is 7.29. The average Bonchev–Trinajstić information content (AvgIpc) is 2.99. The fraction of sp³-hybridized carbons (Fsp3) is 0.400. The zero-order valence-electron chi connectivity index (χ0n) is 8.27. The van der Waals surface area contributed by atoms with Gasteiger partial charge in [-0.2, -0.15) is 0 Å². The molecule has 1 fully saturated rings. The first-order valence-corrected chi connectivity index (χ1v) is 6.48. The molecule has 2 aromatic rings. The molecule has 0 unspecified atom stereocenters. The molecule has 1 aliphatic rings. The predicted octanol–water partition coefficient (Wildman–Crippen LogP) is 3.14. The molecule has 0 radical (unpaired) electrons. The van der Waals surface area contributed by atoms with Gasteiger partial charge in [0.2, 0.25) is 0 Å². The maximum atomic E-state index is 5.91. The molecule has 1 saturated carbocycles. The van der Waals surface area contributed by atoms with Crippen LogP contribution in [-0.2, 0) is 0 Å². The van der Waals surface area contributed by atoms with Gasteiger partial charge >= 0.3 is 0 Å². The Balaban J connectivity index is 2.30. The molecule has 1 aliphatic carbocycles. The highest BCUT2D eigenvalue weighted by Gasteiger charge is 2.28. The van der Waals surface area contributed by atoms with Gasteiger partial charge in [0.25, 0.3) is 0 Å². The second kappa shape index (κ2) is 3.39. The molecular formula is C10H10ClN3S. The molecular weight excluding hydrogens is 230 g/mol. The van der Waals surface area contributed by atoms with Gasteiger partial charge < -0.3 is 4.57 Å². The Morgan fingerprint density at radius 3 is 2.87 bits per heavy atom. The van der Waals surface area contributed by atoms with E-state index in [9.17, 15) is 0 Å². The minimum atomic E-state index is 0.539. The van der Waals surface area contributed by atoms with Gasteiger partial charge in [-0.1, -0.05) is 23.4 Å². The summed E-state index contributed by atoms with van der Waals surface area (Å²) in [5, 5.41) is 1.58. The second-order valence-corrected chi connectivity index (χ2v) is 4.84. The standard InChI is InChI=1S/C10H10ClN3S/c1-15-10-12-7-4-5-8(11)13-9(7)14(10)6-2-3-6/h4-6H,2-3H2,1H3. The number of rotatable bonds is 2. The summed E-state index contributed by atoms with van der Waals surface area (Å²) in [5.41, 5.74) is 1.87. The van der Waals surface area contributed by atoms with Crippen LogP contribution in [0.25, 0.3) is 11.2 Å². The third-order valence-corrected chi connectivity index (χ3v) is 3.43. The lowest BCUT2D eigenvalue weighted by Gasteiger charge is -2.03. The summed E-state index contributed by atoms with van der Waals surface area (Å²) in [6.45, 7) is 0. The summed E-state index contributed by atoms with van der Waals surface area (Å²) >= 11 is 7.57. The molecule has 0 bridgehead atoms. The van der Waals surface area contributed by atoms with Crippen molar-refractivity contribution in [2.75, 3.05) is 6.26 Å². The van der Waals surface area contributed by atoms with E-state index in [4.69, 9.17) is 11.6 Å². The third-order valence-electron chi connectivity index (χ3n) is 2.57. The van der Waals surface area contributed by atoms with E-state index in [1.807, 2.05) is 12.3 Å². The Morgan fingerprint density at radius 2 is 2.20 bits per heavy atom. The van der Waals surface area contributed by atoms with E-state index < -0.39 is 0 Å². The molecule has 3 nitrogen and oxygen atoms in total. The van der Waals surface area contributed by atoms with Crippen molar-refractivity contribution in [1.82, 2.24) is 14.5 Å². The molecule has 2 heterocycles. The van der Waals surface area contributed by atoms with Crippen molar-refractivity contribution in [3.63, 3.8) is 0 Å². The Hall–Kier alpha value is -0.740. The number of pyridine rings is 1. The van der Waals surface area contributed by atoms with Crippen molar-refractivity contribution < 1.29 is 0 Å². The number of imidazole rings is 1. The third kappa shape index (κ3) is 1.52. The molecule has 0 saturated heterocycles. The monoisotopic (exact) mass is 239 g/mol. The number of halogens is 1. The molecule has 2 aromatic heterocycles. The lowest BCUT2D eigenvalue weighted by atomic mass is 10.4. The van der Waals surface area contributed by atoms with Crippen LogP contribution in [0.4, 0.5) is 0 Å². The largest absolute Gasteiger partial charge is 0.301 e. The van der Waals surface area contributed by atoms with Gasteiger partial charge in [-0.3, -0.25) is 0 Å². The number of hydrogen-bond donors (Lipinski definition) is 0. The van der Waals surface area contributed by atoms with Crippen LogP contribution in [0.1, 0.15) is 18.9 Å². The molecule has 0 N–H and O–H groups in total. The van der Waals surface area contributed by atoms with Crippen LogP contribution in [0.3, 0.4) is 0 Å². The van der Waals surface area contributed by atoms with Crippen molar-refractivity contribution in [2.24, 2.45) is 0 Å². The van der Waals surface area contributed by atoms with E-state index in [0.29, 0.717) is 11.2 Å². The van der Waals surface area contributed by atoms with Gasteiger partial charge in [0.05, 0.1) is 0 Å². The molecule has 0 spiro atoms. The summed E-state index contributed by atoms with van der Waals surface area (Å²) in [4.78, 5) is 8.90. The Kier molecular flexibility index (Phi) is 2.14. The predicted molar refractivity (Wildman–Crippen MR) is 62.6 cm³/mol. The fourth-order valence-corrected chi connectivity index (χ4v) is 2.50. The van der Waals surface area contributed by atoms with Crippen LogP contribution >= 0.6 is 23.4 Å². The maximum Gasteiger partial charge on any atom is 0.170 e. The van der Waals surface area contributed by atoms with Gasteiger partial charge in [0.15, 0.2) is 10.8 Å². The van der Waals surface area contributed by atoms with Crippen LogP contribution in [0.15, 0.2) is 17.3 Å². The highest BCUT2D eigenvalue weighted by molar-refractivity contribution is 7.98. The summed E-state index contributed by atoms with van der Waals surface area (Å²) in [5.74, 6) is 0. The lowest BCUT2D eigenvalue weighted by molar-refractivity contribution is 0.679. The SMILES string of the molecule is CSc1nc2ccc(Cl)nc2n1C1CC1. The Labute approximate surface area is 96.9 Å². The van der Waals surface area contributed by atoms with Gasteiger partial charge in [-0.05, 0) is 31.2 Å². The highest BCUT2D eigenvalue weighted by atomic mass is 35.5. The van der Waals surface area contributed by atoms with Crippen LogP contribution in [0, 0.1) is 0 Å². The summed E-state index contributed by atoms with van der Waals surface area (Å²) in [6, 6.07) is 4.31. The number of aromatic nitrogens is 3. The van der Waals surface area contributed by atoms with Crippen molar-refractivity contribution in [3.05, 3.63) is 17.3 Å². The quantitative estimate of drug-likeness (QED) is 0.596. The number of fused-ring (bicyclic) bond motifs is 1. The van der Waals surface area contributed by atoms with Crippen molar-refractivity contribution in [2.45, 2.75) is 24.0 Å². The van der Waals surface area contributed by atoms with E-state index >= 15 is 0 Å². The lowest BCUT2D eigenvalue weighted by Crippen LogP contribution is -1.96. The van der Waals surface area contributed by atoms with E-state index in [2.05, 4.69) is 14.5 Å². The van der Waals surface area contributed by atoms with E-state index in [-0.39, 0.29) is 0 Å². The molecule has 78 valence electrons. The number of hydrogen-bond acceptors (Lipinski definition) is 3. The maximum absolute atomic E-state index is 5.91. The minimum absolute atomic E-state index is 0.539. The van der Waals surface area contributed by atoms with Crippen LogP contribution in [0.5, 0.6) is 0 Å². The summed E-state index contributed by atoms with van der Waals surface area (Å²) in [7, 11) is 0. The molecule has 0 aliphatic heterocycles. The van der Waals surface area contributed by atoms with Crippen molar-refractivity contribution in [3.8, 4) is 0 Å². The van der Waals surface area contributed by atoms with Gasteiger partial charge in [0.1, 0.15) is 10.7 Å². The Morgan fingerprint density at radius 1 is 1.40 bits per heavy atom. The zero-order valence-corrected chi connectivity index (χ0v) is 9.85. The van der Waals surface area contributed by atoms with Crippen molar-refractivity contribution >= 4 is 34.5 Å². The van der Waals surface area contributed by atoms with Gasteiger partial charge in [-0.15, -0.1) is 0 Å². The average molecular weight is 240 g/mol. The zero-order chi connectivity index (χ0) is 10.4. The fourth-order valence-electron chi connectivity index (χ4n) is 1.74. The topological polar surface area (TPSA) is 30.7 Å². The van der Waals surface area contributed by atoms with E-state index in [1.54, 1.807) is 17.8 Å². The van der Waals surface area contributed by atoms with Crippen LogP contribution < -0.4 is 0 Å². The van der Waals surface area contributed by atoms with Crippen molar-refractivity contribution in [1.29, 1.82) is 0 Å². The van der Waals surface area contributed by atoms with E-state index in [0.717, 1.165) is 16.3 Å². The molecule has 15 heavy (non-hydrogen) atoms. The molecule has 0 amide bonds. The second-order valence-electron chi connectivity index (χ2n) is 3.68. The molecule has 3 rings (SSSR count). The molecule has 0 atom stereocenters. The summed E-state index contributed by atoms with van der Waals surface area (Å²) < 4.78 is 2.21. The van der Waals surface area contributed by atoms with Crippen LogP contribution in [0.2, 0.25) is 5.15 Å². The number of thioether (sulfide) groups is 1. The van der Waals surface area contributed by atoms with Gasteiger partial charge in [-0.25, -0.2) is 9.97 Å². The Bertz CT molecular complexity index is 519. The first-order valence-electron chi connectivity index (χ1n) is 4.88. The van der Waals surface area contributed by atoms with E-state index in [1.165, 1.54) is 12.8 Å². The molecule has 0 aromatic carbocycles. The van der Waals surface area contributed by atoms with Crippen LogP contribution in [-0.4, -0.2) is 20.8 Å². The first kappa shape index (κ1) is 9.48. The minimum Gasteiger partial charge on any atom is -0.301 e.